The summed E-state index contributed by atoms with van der Waals surface area (Å²) in [6.45, 7) is 22.9. The minimum atomic E-state index is -0.489. The fourth-order valence-corrected chi connectivity index (χ4v) is 11.3. The van der Waals surface area contributed by atoms with Crippen molar-refractivity contribution in [3.05, 3.63) is 0 Å². The zero-order valence-electron chi connectivity index (χ0n) is 26.9. The number of ether oxygens (including phenoxy) is 3. The van der Waals surface area contributed by atoms with Gasteiger partial charge in [0.2, 0.25) is 0 Å². The van der Waals surface area contributed by atoms with Crippen LogP contribution in [-0.4, -0.2) is 30.1 Å². The molecule has 1 unspecified atom stereocenters. The van der Waals surface area contributed by atoms with E-state index in [1.807, 2.05) is 0 Å². The van der Waals surface area contributed by atoms with Crippen LogP contribution in [0.1, 0.15) is 127 Å². The third-order valence-electron chi connectivity index (χ3n) is 13.4. The van der Waals surface area contributed by atoms with Crippen molar-refractivity contribution in [2.24, 2.45) is 64.1 Å². The first kappa shape index (κ1) is 29.9. The molecule has 4 heteroatoms. The molecule has 1 saturated heterocycles. The van der Waals surface area contributed by atoms with Crippen molar-refractivity contribution in [3.8, 4) is 0 Å². The Bertz CT molecular complexity index is 897. The van der Waals surface area contributed by atoms with Crippen molar-refractivity contribution < 1.29 is 19.0 Å². The molecule has 5 rings (SSSR count). The van der Waals surface area contributed by atoms with Gasteiger partial charge in [-0.25, -0.2) is 0 Å². The predicted molar refractivity (Wildman–Crippen MR) is 157 cm³/mol. The van der Waals surface area contributed by atoms with Crippen molar-refractivity contribution in [1.82, 2.24) is 0 Å². The minimum absolute atomic E-state index is 0.0129. The lowest BCUT2D eigenvalue weighted by Crippen LogP contribution is -2.63. The molecule has 0 N–H and O–H groups in total. The molecule has 0 radical (unpaired) electrons. The molecule has 0 bridgehead atoms. The second-order valence-corrected chi connectivity index (χ2v) is 16.2. The average molecular weight is 545 g/mol. The van der Waals surface area contributed by atoms with Gasteiger partial charge in [0.25, 0.3) is 0 Å². The van der Waals surface area contributed by atoms with Gasteiger partial charge in [-0.05, 0) is 123 Å². The van der Waals surface area contributed by atoms with E-state index in [0.29, 0.717) is 46.8 Å². The summed E-state index contributed by atoms with van der Waals surface area (Å²) in [5, 5.41) is 0. The number of rotatable bonds is 7. The molecule has 4 aliphatic carbocycles. The van der Waals surface area contributed by atoms with Crippen LogP contribution in [0.25, 0.3) is 0 Å². The van der Waals surface area contributed by atoms with Crippen molar-refractivity contribution in [1.29, 1.82) is 0 Å². The molecular weight excluding hydrogens is 484 g/mol. The van der Waals surface area contributed by atoms with Gasteiger partial charge >= 0.3 is 5.97 Å². The van der Waals surface area contributed by atoms with Gasteiger partial charge in [-0.3, -0.25) is 4.79 Å². The highest BCUT2D eigenvalue weighted by Crippen LogP contribution is 2.70. The molecule has 13 atom stereocenters. The third-order valence-corrected chi connectivity index (χ3v) is 13.4. The fourth-order valence-electron chi connectivity index (χ4n) is 11.3. The zero-order valence-corrected chi connectivity index (χ0v) is 26.9. The largest absolute Gasteiger partial charge is 0.462 e. The van der Waals surface area contributed by atoms with Gasteiger partial charge < -0.3 is 14.2 Å². The molecule has 4 saturated carbocycles. The van der Waals surface area contributed by atoms with Gasteiger partial charge in [0.05, 0.1) is 12.2 Å². The van der Waals surface area contributed by atoms with Crippen LogP contribution in [0.5, 0.6) is 0 Å². The van der Waals surface area contributed by atoms with E-state index in [4.69, 9.17) is 14.2 Å². The van der Waals surface area contributed by atoms with Crippen molar-refractivity contribution in [2.45, 2.75) is 151 Å². The molecule has 1 heterocycles. The summed E-state index contributed by atoms with van der Waals surface area (Å²) in [5.41, 5.74) is 0.628. The lowest BCUT2D eigenvalue weighted by molar-refractivity contribution is -0.187. The highest BCUT2D eigenvalue weighted by Gasteiger charge is 2.68. The Morgan fingerprint density at radius 1 is 0.897 bits per heavy atom. The van der Waals surface area contributed by atoms with Crippen molar-refractivity contribution >= 4 is 5.97 Å². The minimum Gasteiger partial charge on any atom is -0.462 e. The number of hydrogen-bond acceptors (Lipinski definition) is 4. The molecule has 0 spiro atoms. The van der Waals surface area contributed by atoms with Gasteiger partial charge in [-0.1, -0.05) is 61.3 Å². The Kier molecular flexibility index (Phi) is 8.11. The smallest absolute Gasteiger partial charge is 0.302 e. The fraction of sp³-hybridized carbons (Fsp3) is 0.971. The second-order valence-electron chi connectivity index (χ2n) is 16.2. The third kappa shape index (κ3) is 5.04. The molecule has 39 heavy (non-hydrogen) atoms. The summed E-state index contributed by atoms with van der Waals surface area (Å²) in [6, 6.07) is 0. The van der Waals surface area contributed by atoms with E-state index in [9.17, 15) is 4.79 Å². The first-order valence-corrected chi connectivity index (χ1v) is 16.7. The summed E-state index contributed by atoms with van der Waals surface area (Å²) in [7, 11) is 0. The van der Waals surface area contributed by atoms with Crippen LogP contribution in [-0.2, 0) is 19.0 Å². The normalized spacial score (nSPS) is 46.9. The average Bonchev–Trinajstić information content (AvgIpc) is 3.37. The molecule has 0 aromatic rings. The highest BCUT2D eigenvalue weighted by molar-refractivity contribution is 5.66. The standard InChI is InChI=1S/C35H60O4/c1-11-24(20(2)3)19-29(37-23(6)36)22(5)25-12-13-26-30-27(15-17-34(25,26)9)35(10)16-14-21(4)18-28(35)31-32(30)39-33(7,8)38-31/h20-22,24-32H,11-19H2,1-10H3/t21-,22-,24+,25+,26-,27-,28+,29?,30-,31+,32+,34+,35+/m0/s1. The Morgan fingerprint density at radius 3 is 2.18 bits per heavy atom. The molecule has 224 valence electrons. The first-order valence-electron chi connectivity index (χ1n) is 16.7. The van der Waals surface area contributed by atoms with Crippen LogP contribution in [0.4, 0.5) is 0 Å². The Labute approximate surface area is 240 Å². The Hall–Kier alpha value is -0.610. The van der Waals surface area contributed by atoms with Gasteiger partial charge in [-0.15, -0.1) is 0 Å². The summed E-state index contributed by atoms with van der Waals surface area (Å²) < 4.78 is 19.9. The molecular formula is C35H60O4. The summed E-state index contributed by atoms with van der Waals surface area (Å²) in [5.74, 6) is 4.93. The molecule has 1 aliphatic heterocycles. The lowest BCUT2D eigenvalue weighted by Gasteiger charge is -2.63. The van der Waals surface area contributed by atoms with E-state index in [1.54, 1.807) is 6.92 Å². The maximum absolute atomic E-state index is 12.3. The number of fused-ring (bicyclic) bond motifs is 8. The molecule has 5 fully saturated rings. The van der Waals surface area contributed by atoms with E-state index in [1.165, 1.54) is 44.9 Å². The number of carbonyl (C=O) groups is 1. The molecule has 4 nitrogen and oxygen atoms in total. The van der Waals surface area contributed by atoms with E-state index < -0.39 is 5.79 Å². The van der Waals surface area contributed by atoms with Crippen LogP contribution in [0, 0.1) is 64.1 Å². The second kappa shape index (κ2) is 10.6. The van der Waals surface area contributed by atoms with Crippen LogP contribution in [0.2, 0.25) is 0 Å². The van der Waals surface area contributed by atoms with E-state index in [-0.39, 0.29) is 29.7 Å². The molecule has 0 aromatic heterocycles. The summed E-state index contributed by atoms with van der Waals surface area (Å²) in [4.78, 5) is 12.3. The van der Waals surface area contributed by atoms with Crippen LogP contribution >= 0.6 is 0 Å². The molecule has 0 amide bonds. The van der Waals surface area contributed by atoms with Crippen molar-refractivity contribution in [2.75, 3.05) is 0 Å². The summed E-state index contributed by atoms with van der Waals surface area (Å²) >= 11 is 0. The number of esters is 1. The molecule has 5 aliphatic rings. The monoisotopic (exact) mass is 544 g/mol. The maximum Gasteiger partial charge on any atom is 0.302 e. The highest BCUT2D eigenvalue weighted by atomic mass is 16.8. The zero-order chi connectivity index (χ0) is 28.5. The Morgan fingerprint density at radius 2 is 1.54 bits per heavy atom. The van der Waals surface area contributed by atoms with E-state index in [2.05, 4.69) is 62.3 Å². The van der Waals surface area contributed by atoms with Gasteiger partial charge in [-0.2, -0.15) is 0 Å². The number of carbonyl (C=O) groups excluding carboxylic acids is 1. The van der Waals surface area contributed by atoms with E-state index >= 15 is 0 Å². The van der Waals surface area contributed by atoms with E-state index in [0.717, 1.165) is 24.7 Å². The maximum atomic E-state index is 12.3. The Balaban J connectivity index is 1.45. The SMILES string of the molecule is CC[C@H](CC(OC(C)=O)[C@@H](C)[C@H]1CC[C@H]2[C@@H]3[C@H]4OC(C)(C)O[C@@H]4[C@H]4C[C@@H](C)CC[C@]4(C)[C@H]3CC[C@]12C)C(C)C. The molecule has 0 aromatic carbocycles. The predicted octanol–water partition coefficient (Wildman–Crippen LogP) is 8.66. The van der Waals surface area contributed by atoms with Crippen molar-refractivity contribution in [3.63, 3.8) is 0 Å². The van der Waals surface area contributed by atoms with Gasteiger partial charge in [0.1, 0.15) is 6.10 Å². The van der Waals surface area contributed by atoms with Crippen LogP contribution < -0.4 is 0 Å². The van der Waals surface area contributed by atoms with Crippen LogP contribution in [0.15, 0.2) is 0 Å². The first-order chi connectivity index (χ1) is 18.2. The van der Waals surface area contributed by atoms with Crippen LogP contribution in [0.3, 0.4) is 0 Å². The van der Waals surface area contributed by atoms with Gasteiger partial charge in [0.15, 0.2) is 5.79 Å². The number of hydrogen-bond donors (Lipinski definition) is 0. The summed E-state index contributed by atoms with van der Waals surface area (Å²) in [6.07, 6.45) is 11.8. The quantitative estimate of drug-likeness (QED) is 0.301. The topological polar surface area (TPSA) is 44.8 Å². The van der Waals surface area contributed by atoms with Gasteiger partial charge in [0, 0.05) is 6.92 Å². The lowest BCUT2D eigenvalue weighted by atomic mass is 9.42.